The van der Waals surface area contributed by atoms with Gasteiger partial charge in [-0.2, -0.15) is 0 Å². The molecule has 1 saturated heterocycles. The Balaban J connectivity index is 1.87. The maximum absolute atomic E-state index is 11.6. The summed E-state index contributed by atoms with van der Waals surface area (Å²) in [6.45, 7) is 11.4. The van der Waals surface area contributed by atoms with Gasteiger partial charge in [0, 0.05) is 29.8 Å². The van der Waals surface area contributed by atoms with Crippen LogP contribution in [0.3, 0.4) is 0 Å². The number of aryl methyl sites for hydroxylation is 2. The predicted molar refractivity (Wildman–Crippen MR) is 134 cm³/mol. The number of rotatable bonds is 6. The van der Waals surface area contributed by atoms with E-state index in [0.29, 0.717) is 5.92 Å². The summed E-state index contributed by atoms with van der Waals surface area (Å²) in [6, 6.07) is 13.3. The van der Waals surface area contributed by atoms with Crippen LogP contribution in [-0.2, 0) is 0 Å². The Bertz CT molecular complexity index is 1200. The van der Waals surface area contributed by atoms with Gasteiger partial charge < -0.3 is 19.9 Å². The molecule has 1 fully saturated rings. The molecule has 7 heteroatoms. The number of benzene rings is 1. The minimum absolute atomic E-state index is 0.0160. The molecule has 0 saturated carbocycles. The average Bonchev–Trinajstić information content (AvgIpc) is 3.24. The molecule has 33 heavy (non-hydrogen) atoms. The summed E-state index contributed by atoms with van der Waals surface area (Å²) in [6.07, 6.45) is 1.81. The average molecular weight is 463 g/mol. The molecule has 2 atom stereocenters. The second-order valence-electron chi connectivity index (χ2n) is 9.14. The van der Waals surface area contributed by atoms with Crippen LogP contribution in [0.5, 0.6) is 0 Å². The number of hydrogen-bond donors (Lipinski definition) is 2. The predicted octanol–water partition coefficient (Wildman–Crippen LogP) is 5.12. The zero-order chi connectivity index (χ0) is 23.9. The number of hydrogen-bond acceptors (Lipinski definition) is 3. The van der Waals surface area contributed by atoms with Crippen molar-refractivity contribution in [1.82, 2.24) is 19.8 Å². The van der Waals surface area contributed by atoms with E-state index in [1.54, 1.807) is 12.1 Å². The van der Waals surface area contributed by atoms with Crippen LogP contribution in [0.4, 0.5) is 0 Å². The van der Waals surface area contributed by atoms with E-state index < -0.39 is 5.97 Å². The van der Waals surface area contributed by atoms with Crippen molar-refractivity contribution in [3.05, 3.63) is 82.4 Å². The summed E-state index contributed by atoms with van der Waals surface area (Å²) in [5, 5.41) is 13.8. The molecule has 6 nitrogen and oxygen atoms in total. The fourth-order valence-electron chi connectivity index (χ4n) is 4.78. The number of aromatic nitrogens is 2. The summed E-state index contributed by atoms with van der Waals surface area (Å²) >= 11 is 5.77. The summed E-state index contributed by atoms with van der Waals surface area (Å²) in [4.78, 5) is 18.5. The van der Waals surface area contributed by atoms with Crippen molar-refractivity contribution in [2.75, 3.05) is 6.54 Å². The highest BCUT2D eigenvalue weighted by Crippen LogP contribution is 2.42. The second-order valence-corrected chi connectivity index (χ2v) is 9.53. The topological polar surface area (TPSA) is 70.4 Å². The standard InChI is InChI=1S/C26H30N4O2S/c1-15(2)14-29-24(23(28-26(29)33)21-8-6-7-11-27-21)20-12-17(4)30(18(20)5)22-13-19(25(31)32)10-9-16(22)3/h6-13,15,23-24H,14H2,1-5H3,(H,28,33)(H,31,32)/t23-,24-/m0/s1. The third-order valence-corrected chi connectivity index (χ3v) is 6.60. The van der Waals surface area contributed by atoms with Gasteiger partial charge in [-0.25, -0.2) is 4.79 Å². The SMILES string of the molecule is Cc1ccc(C(=O)O)cc1-n1c(C)cc([C@H]2[C@H](c3ccccn3)NC(=S)N2CC(C)C)c1C. The number of aromatic carboxylic acids is 1. The molecular formula is C26H30N4O2S. The molecule has 3 aromatic rings. The first-order chi connectivity index (χ1) is 15.7. The zero-order valence-corrected chi connectivity index (χ0v) is 20.5. The maximum atomic E-state index is 11.6. The van der Waals surface area contributed by atoms with Gasteiger partial charge in [0.05, 0.1) is 23.3 Å². The molecule has 0 unspecified atom stereocenters. The molecule has 4 rings (SSSR count). The Morgan fingerprint density at radius 1 is 1.18 bits per heavy atom. The van der Waals surface area contributed by atoms with Gasteiger partial charge in [-0.05, 0) is 80.4 Å². The minimum Gasteiger partial charge on any atom is -0.478 e. The molecule has 0 bridgehead atoms. The highest BCUT2D eigenvalue weighted by atomic mass is 32.1. The number of carboxylic acids is 1. The van der Waals surface area contributed by atoms with Crippen molar-refractivity contribution in [2.45, 2.75) is 46.7 Å². The van der Waals surface area contributed by atoms with Crippen molar-refractivity contribution >= 4 is 23.3 Å². The molecule has 0 amide bonds. The van der Waals surface area contributed by atoms with Crippen LogP contribution in [0.15, 0.2) is 48.7 Å². The van der Waals surface area contributed by atoms with E-state index in [1.807, 2.05) is 37.4 Å². The smallest absolute Gasteiger partial charge is 0.335 e. The van der Waals surface area contributed by atoms with Crippen molar-refractivity contribution in [1.29, 1.82) is 0 Å². The van der Waals surface area contributed by atoms with Gasteiger partial charge in [-0.3, -0.25) is 4.98 Å². The number of pyridine rings is 1. The highest BCUT2D eigenvalue weighted by Gasteiger charge is 2.41. The molecule has 0 aliphatic carbocycles. The highest BCUT2D eigenvalue weighted by molar-refractivity contribution is 7.80. The van der Waals surface area contributed by atoms with Crippen LogP contribution < -0.4 is 5.32 Å². The van der Waals surface area contributed by atoms with Crippen LogP contribution in [-0.4, -0.2) is 37.2 Å². The minimum atomic E-state index is -0.928. The third-order valence-electron chi connectivity index (χ3n) is 6.25. The second kappa shape index (κ2) is 8.98. The van der Waals surface area contributed by atoms with E-state index in [1.165, 1.54) is 0 Å². The first kappa shape index (κ1) is 23.0. The summed E-state index contributed by atoms with van der Waals surface area (Å²) in [7, 11) is 0. The third kappa shape index (κ3) is 4.25. The first-order valence-corrected chi connectivity index (χ1v) is 11.6. The molecule has 172 valence electrons. The van der Waals surface area contributed by atoms with E-state index in [-0.39, 0.29) is 17.6 Å². The van der Waals surface area contributed by atoms with Crippen molar-refractivity contribution in [2.24, 2.45) is 5.92 Å². The van der Waals surface area contributed by atoms with Crippen molar-refractivity contribution in [3.8, 4) is 5.69 Å². The summed E-state index contributed by atoms with van der Waals surface area (Å²) < 4.78 is 2.15. The Labute approximate surface area is 200 Å². The normalized spacial score (nSPS) is 18.1. The van der Waals surface area contributed by atoms with Gasteiger partial charge in [-0.15, -0.1) is 0 Å². The molecule has 2 N–H and O–H groups in total. The van der Waals surface area contributed by atoms with Gasteiger partial charge >= 0.3 is 5.97 Å². The lowest BCUT2D eigenvalue weighted by Gasteiger charge is -2.29. The molecule has 1 aromatic carbocycles. The number of carboxylic acid groups (broad SMARTS) is 1. The first-order valence-electron chi connectivity index (χ1n) is 11.2. The summed E-state index contributed by atoms with van der Waals surface area (Å²) in [5.74, 6) is -0.490. The van der Waals surface area contributed by atoms with E-state index in [2.05, 4.69) is 53.5 Å². The number of thiocarbonyl (C=S) groups is 1. The number of nitrogens with zero attached hydrogens (tertiary/aromatic N) is 3. The lowest BCUT2D eigenvalue weighted by molar-refractivity contribution is 0.0697. The lowest BCUT2D eigenvalue weighted by Crippen LogP contribution is -2.33. The van der Waals surface area contributed by atoms with Crippen LogP contribution in [0, 0.1) is 26.7 Å². The molecule has 1 aliphatic heterocycles. The van der Waals surface area contributed by atoms with E-state index in [0.717, 1.165) is 45.6 Å². The van der Waals surface area contributed by atoms with Crippen molar-refractivity contribution < 1.29 is 9.90 Å². The quantitative estimate of drug-likeness (QED) is 0.495. The van der Waals surface area contributed by atoms with Gasteiger partial charge in [-0.1, -0.05) is 26.0 Å². The number of nitrogens with one attached hydrogen (secondary N) is 1. The van der Waals surface area contributed by atoms with Crippen LogP contribution in [0.1, 0.15) is 64.5 Å². The Hall–Kier alpha value is -3.19. The molecule has 0 radical (unpaired) electrons. The molecule has 2 aromatic heterocycles. The molecule has 1 aliphatic rings. The van der Waals surface area contributed by atoms with Gasteiger partial charge in [0.15, 0.2) is 5.11 Å². The molecule has 3 heterocycles. The lowest BCUT2D eigenvalue weighted by atomic mass is 9.96. The number of carbonyl (C=O) groups is 1. The zero-order valence-electron chi connectivity index (χ0n) is 19.7. The molecular weight excluding hydrogens is 432 g/mol. The maximum Gasteiger partial charge on any atom is 0.335 e. The Morgan fingerprint density at radius 2 is 1.94 bits per heavy atom. The largest absolute Gasteiger partial charge is 0.478 e. The fraction of sp³-hybridized carbons (Fsp3) is 0.346. The Morgan fingerprint density at radius 3 is 2.58 bits per heavy atom. The van der Waals surface area contributed by atoms with Gasteiger partial charge in [0.1, 0.15) is 0 Å². The van der Waals surface area contributed by atoms with E-state index in [4.69, 9.17) is 12.2 Å². The van der Waals surface area contributed by atoms with E-state index in [9.17, 15) is 9.90 Å². The summed E-state index contributed by atoms with van der Waals surface area (Å²) in [5.41, 5.74) is 6.42. The monoisotopic (exact) mass is 462 g/mol. The van der Waals surface area contributed by atoms with Crippen LogP contribution >= 0.6 is 12.2 Å². The van der Waals surface area contributed by atoms with Crippen LogP contribution in [0.25, 0.3) is 5.69 Å². The van der Waals surface area contributed by atoms with Gasteiger partial charge in [0.25, 0.3) is 0 Å². The molecule has 0 spiro atoms. The fourth-order valence-corrected chi connectivity index (χ4v) is 5.09. The van der Waals surface area contributed by atoms with Crippen LogP contribution in [0.2, 0.25) is 0 Å². The van der Waals surface area contributed by atoms with Crippen molar-refractivity contribution in [3.63, 3.8) is 0 Å². The van der Waals surface area contributed by atoms with Gasteiger partial charge in [0.2, 0.25) is 0 Å². The Kier molecular flexibility index (Phi) is 6.26. The van der Waals surface area contributed by atoms with E-state index >= 15 is 0 Å².